The predicted octanol–water partition coefficient (Wildman–Crippen LogP) is -0.299. The highest BCUT2D eigenvalue weighted by atomic mass is 16.2. The van der Waals surface area contributed by atoms with Crippen molar-refractivity contribution in [3.63, 3.8) is 0 Å². The fourth-order valence-electron chi connectivity index (χ4n) is 2.59. The van der Waals surface area contributed by atoms with E-state index in [1.54, 1.807) is 24.0 Å². The lowest BCUT2D eigenvalue weighted by atomic mass is 10.2. The molecule has 1 unspecified atom stereocenters. The summed E-state index contributed by atoms with van der Waals surface area (Å²) in [7, 11) is 0. The number of hydrogen-bond donors (Lipinski definition) is 1. The lowest BCUT2D eigenvalue weighted by Crippen LogP contribution is -2.38. The molecule has 1 aliphatic carbocycles. The first-order valence-electron chi connectivity index (χ1n) is 7.37. The van der Waals surface area contributed by atoms with E-state index in [2.05, 4.69) is 20.5 Å². The number of rotatable bonds is 5. The van der Waals surface area contributed by atoms with Crippen LogP contribution in [0.2, 0.25) is 0 Å². The van der Waals surface area contributed by atoms with E-state index in [0.717, 1.165) is 30.5 Å². The molecule has 2 heterocycles. The van der Waals surface area contributed by atoms with Crippen LogP contribution in [0.5, 0.6) is 0 Å². The maximum Gasteiger partial charge on any atom is 0.267 e. The molecule has 22 heavy (non-hydrogen) atoms. The van der Waals surface area contributed by atoms with Gasteiger partial charge in [-0.1, -0.05) is 0 Å². The first kappa shape index (κ1) is 14.4. The Balaban J connectivity index is 1.64. The van der Waals surface area contributed by atoms with Crippen LogP contribution in [0, 0.1) is 0 Å². The number of nitrogens with one attached hydrogen (secondary N) is 1. The van der Waals surface area contributed by atoms with Crippen LogP contribution in [0.4, 0.5) is 0 Å². The number of hydrogen-bond acceptors (Lipinski definition) is 5. The van der Waals surface area contributed by atoms with Crippen LogP contribution >= 0.6 is 0 Å². The van der Waals surface area contributed by atoms with Crippen molar-refractivity contribution in [3.05, 3.63) is 40.3 Å². The second-order valence-corrected chi connectivity index (χ2v) is 5.38. The summed E-state index contributed by atoms with van der Waals surface area (Å²) < 4.78 is 2.90. The number of aromatic nitrogens is 5. The van der Waals surface area contributed by atoms with Gasteiger partial charge >= 0.3 is 0 Å². The molecule has 0 aliphatic heterocycles. The van der Waals surface area contributed by atoms with Gasteiger partial charge in [-0.15, -0.1) is 0 Å². The molecule has 1 N–H and O–H groups in total. The molecule has 2 aromatic heterocycles. The lowest BCUT2D eigenvalue weighted by molar-refractivity contribution is -0.124. The molecule has 0 radical (unpaired) electrons. The third-order valence-electron chi connectivity index (χ3n) is 3.84. The highest BCUT2D eigenvalue weighted by molar-refractivity contribution is 5.79. The summed E-state index contributed by atoms with van der Waals surface area (Å²) in [6, 6.07) is 0.975. The molecule has 116 valence electrons. The van der Waals surface area contributed by atoms with Crippen LogP contribution in [-0.2, 0) is 24.2 Å². The van der Waals surface area contributed by atoms with E-state index >= 15 is 0 Å². The van der Waals surface area contributed by atoms with Gasteiger partial charge in [-0.2, -0.15) is 10.2 Å². The molecule has 0 saturated carbocycles. The van der Waals surface area contributed by atoms with Crippen LogP contribution in [-0.4, -0.2) is 37.0 Å². The smallest absolute Gasteiger partial charge is 0.267 e. The molecular weight excluding hydrogens is 284 g/mol. The lowest BCUT2D eigenvalue weighted by Gasteiger charge is -2.15. The average Bonchev–Trinajstić information content (AvgIpc) is 3.16. The molecule has 0 saturated heterocycles. The highest BCUT2D eigenvalue weighted by Gasteiger charge is 2.21. The zero-order valence-corrected chi connectivity index (χ0v) is 12.4. The van der Waals surface area contributed by atoms with Gasteiger partial charge in [0.05, 0.1) is 12.2 Å². The number of nitrogens with zero attached hydrogens (tertiary/aromatic N) is 5. The number of fused-ring (bicyclic) bond motifs is 1. The predicted molar refractivity (Wildman–Crippen MR) is 78.3 cm³/mol. The molecular formula is C14H18N6O2. The summed E-state index contributed by atoms with van der Waals surface area (Å²) in [5.74, 6) is -0.229. The Morgan fingerprint density at radius 3 is 3.09 bits per heavy atom. The average molecular weight is 302 g/mol. The Morgan fingerprint density at radius 2 is 2.32 bits per heavy atom. The summed E-state index contributed by atoms with van der Waals surface area (Å²) in [5.41, 5.74) is 1.72. The van der Waals surface area contributed by atoms with Crippen LogP contribution in [0.15, 0.2) is 23.5 Å². The molecule has 2 aromatic rings. The van der Waals surface area contributed by atoms with Crippen molar-refractivity contribution < 1.29 is 4.79 Å². The van der Waals surface area contributed by atoms with Crippen molar-refractivity contribution in [2.45, 2.75) is 38.8 Å². The molecule has 1 aliphatic rings. The monoisotopic (exact) mass is 302 g/mol. The Hall–Kier alpha value is -2.51. The number of carbonyl (C=O) groups is 1. The van der Waals surface area contributed by atoms with Crippen molar-refractivity contribution in [1.82, 2.24) is 29.9 Å². The van der Waals surface area contributed by atoms with E-state index in [0.29, 0.717) is 13.1 Å². The Morgan fingerprint density at radius 1 is 1.45 bits per heavy atom. The fraction of sp³-hybridized carbons (Fsp3) is 0.500. The molecule has 3 rings (SSSR count). The minimum Gasteiger partial charge on any atom is -0.352 e. The molecule has 0 aromatic carbocycles. The summed E-state index contributed by atoms with van der Waals surface area (Å²) in [5, 5.41) is 11.1. The first-order valence-corrected chi connectivity index (χ1v) is 7.37. The van der Waals surface area contributed by atoms with Crippen LogP contribution in [0.1, 0.15) is 30.6 Å². The van der Waals surface area contributed by atoms with Crippen molar-refractivity contribution in [1.29, 1.82) is 0 Å². The number of aryl methyl sites for hydroxylation is 2. The second kappa shape index (κ2) is 6.08. The van der Waals surface area contributed by atoms with Gasteiger partial charge < -0.3 is 5.32 Å². The van der Waals surface area contributed by atoms with Gasteiger partial charge in [-0.25, -0.2) is 9.67 Å². The van der Waals surface area contributed by atoms with E-state index in [9.17, 15) is 9.59 Å². The van der Waals surface area contributed by atoms with Crippen LogP contribution in [0.3, 0.4) is 0 Å². The molecule has 8 heteroatoms. The van der Waals surface area contributed by atoms with E-state index in [-0.39, 0.29) is 11.5 Å². The zero-order valence-electron chi connectivity index (χ0n) is 12.4. The van der Waals surface area contributed by atoms with Crippen LogP contribution in [0.25, 0.3) is 0 Å². The van der Waals surface area contributed by atoms with E-state index < -0.39 is 6.04 Å². The van der Waals surface area contributed by atoms with Crippen molar-refractivity contribution in [2.24, 2.45) is 0 Å². The van der Waals surface area contributed by atoms with Crippen LogP contribution < -0.4 is 10.9 Å². The summed E-state index contributed by atoms with van der Waals surface area (Å²) >= 11 is 0. The Kier molecular flexibility index (Phi) is 3.99. The van der Waals surface area contributed by atoms with E-state index in [1.807, 2.05) is 0 Å². The number of amides is 1. The van der Waals surface area contributed by atoms with Gasteiger partial charge in [0, 0.05) is 12.6 Å². The molecule has 0 spiro atoms. The van der Waals surface area contributed by atoms with Gasteiger partial charge in [0.15, 0.2) is 0 Å². The normalized spacial score (nSPS) is 14.6. The van der Waals surface area contributed by atoms with Gasteiger partial charge in [0.25, 0.3) is 5.56 Å². The number of carbonyl (C=O) groups excluding carboxylic acids is 1. The molecule has 1 atom stereocenters. The van der Waals surface area contributed by atoms with Crippen molar-refractivity contribution in [2.75, 3.05) is 6.54 Å². The van der Waals surface area contributed by atoms with Crippen molar-refractivity contribution >= 4 is 5.91 Å². The third-order valence-corrected chi connectivity index (χ3v) is 3.84. The first-order chi connectivity index (χ1) is 10.6. The summed E-state index contributed by atoms with van der Waals surface area (Å²) in [4.78, 5) is 28.1. The Bertz CT molecular complexity index is 721. The largest absolute Gasteiger partial charge is 0.352 e. The minimum atomic E-state index is -0.630. The van der Waals surface area contributed by atoms with Crippen molar-refractivity contribution in [3.8, 4) is 0 Å². The second-order valence-electron chi connectivity index (χ2n) is 5.38. The maximum atomic E-state index is 12.2. The van der Waals surface area contributed by atoms with Gasteiger partial charge in [0.1, 0.15) is 18.7 Å². The standard InChI is InChI=1S/C14H18N6O2/c1-10(14(22)16-5-6-19-9-15-8-17-19)20-13(21)7-11-3-2-4-12(11)18-20/h7-10H,2-6H2,1H3,(H,16,22). The summed E-state index contributed by atoms with van der Waals surface area (Å²) in [6.45, 7) is 2.64. The maximum absolute atomic E-state index is 12.2. The summed E-state index contributed by atoms with van der Waals surface area (Å²) in [6.07, 6.45) is 5.82. The molecule has 0 fully saturated rings. The SMILES string of the molecule is CC(C(=O)NCCn1cncn1)n1nc2c(cc1=O)CCC2. The molecule has 8 nitrogen and oxygen atoms in total. The van der Waals surface area contributed by atoms with E-state index in [4.69, 9.17) is 0 Å². The zero-order chi connectivity index (χ0) is 15.5. The van der Waals surface area contributed by atoms with E-state index in [1.165, 1.54) is 11.0 Å². The van der Waals surface area contributed by atoms with Gasteiger partial charge in [-0.3, -0.25) is 14.3 Å². The van der Waals surface area contributed by atoms with Gasteiger partial charge in [-0.05, 0) is 31.7 Å². The highest BCUT2D eigenvalue weighted by Crippen LogP contribution is 2.17. The molecule has 1 amide bonds. The van der Waals surface area contributed by atoms with Gasteiger partial charge in [0.2, 0.25) is 5.91 Å². The molecule has 0 bridgehead atoms. The third kappa shape index (κ3) is 2.90. The fourth-order valence-corrected chi connectivity index (χ4v) is 2.59. The Labute approximate surface area is 127 Å². The topological polar surface area (TPSA) is 94.7 Å². The quantitative estimate of drug-likeness (QED) is 0.818. The minimum absolute atomic E-state index is 0.223.